The van der Waals surface area contributed by atoms with Gasteiger partial charge >= 0.3 is 5.97 Å². The Bertz CT molecular complexity index is 1020. The molecule has 2 aromatic heterocycles. The van der Waals surface area contributed by atoms with Crippen LogP contribution in [0.5, 0.6) is 0 Å². The van der Waals surface area contributed by atoms with Gasteiger partial charge < -0.3 is 9.72 Å². The monoisotopic (exact) mass is 345 g/mol. The highest BCUT2D eigenvalue weighted by Gasteiger charge is 2.19. The zero-order valence-electron chi connectivity index (χ0n) is 13.0. The number of hydrogen-bond donors (Lipinski definition) is 2. The first-order chi connectivity index (χ1) is 11.5. The van der Waals surface area contributed by atoms with Gasteiger partial charge in [-0.15, -0.1) is 0 Å². The molecule has 0 aliphatic carbocycles. The number of carbonyl (C=O) groups is 1. The van der Waals surface area contributed by atoms with Crippen molar-refractivity contribution in [2.45, 2.75) is 4.90 Å². The molecule has 7 nitrogen and oxygen atoms in total. The fraction of sp³-hybridized carbons (Fsp3) is 0.125. The summed E-state index contributed by atoms with van der Waals surface area (Å²) in [6.07, 6.45) is 1.71. The zero-order valence-corrected chi connectivity index (χ0v) is 13.8. The average molecular weight is 345 g/mol. The van der Waals surface area contributed by atoms with E-state index in [1.54, 1.807) is 24.4 Å². The van der Waals surface area contributed by atoms with Gasteiger partial charge in [0.25, 0.3) is 0 Å². The second-order valence-corrected chi connectivity index (χ2v) is 6.91. The number of hydrogen-bond acceptors (Lipinski definition) is 5. The van der Waals surface area contributed by atoms with Gasteiger partial charge in [-0.1, -0.05) is 12.1 Å². The fourth-order valence-corrected chi connectivity index (χ4v) is 3.18. The van der Waals surface area contributed by atoms with Crippen LogP contribution in [0.15, 0.2) is 47.5 Å². The van der Waals surface area contributed by atoms with Crippen molar-refractivity contribution in [1.29, 1.82) is 0 Å². The molecule has 0 radical (unpaired) electrons. The second kappa shape index (κ2) is 6.06. The summed E-state index contributed by atoms with van der Waals surface area (Å²) >= 11 is 0. The van der Waals surface area contributed by atoms with Crippen LogP contribution in [0.25, 0.3) is 22.2 Å². The summed E-state index contributed by atoms with van der Waals surface area (Å²) in [5.74, 6) is -0.594. The van der Waals surface area contributed by atoms with Crippen molar-refractivity contribution in [2.75, 3.05) is 14.2 Å². The van der Waals surface area contributed by atoms with Crippen molar-refractivity contribution in [3.05, 3.63) is 48.3 Å². The number of nitrogens with zero attached hydrogens (tertiary/aromatic N) is 1. The van der Waals surface area contributed by atoms with Crippen molar-refractivity contribution in [1.82, 2.24) is 14.7 Å². The summed E-state index contributed by atoms with van der Waals surface area (Å²) in [7, 11) is -0.977. The van der Waals surface area contributed by atoms with Crippen molar-refractivity contribution >= 4 is 27.0 Å². The Balaban J connectivity index is 2.25. The molecular weight excluding hydrogens is 330 g/mol. The maximum atomic E-state index is 12.1. The number of sulfonamides is 1. The Morgan fingerprint density at radius 2 is 2.04 bits per heavy atom. The van der Waals surface area contributed by atoms with E-state index in [1.807, 2.05) is 6.07 Å². The molecule has 2 N–H and O–H groups in total. The Kier molecular flexibility index (Phi) is 4.08. The molecular formula is C16H15N3O4S. The third-order valence-corrected chi connectivity index (χ3v) is 5.05. The Morgan fingerprint density at radius 3 is 2.75 bits per heavy atom. The third kappa shape index (κ3) is 2.77. The average Bonchev–Trinajstić information content (AvgIpc) is 3.07. The molecule has 3 aromatic rings. The zero-order chi connectivity index (χ0) is 17.3. The molecule has 0 fully saturated rings. The van der Waals surface area contributed by atoms with Crippen molar-refractivity contribution in [3.8, 4) is 11.1 Å². The van der Waals surface area contributed by atoms with Gasteiger partial charge in [0.1, 0.15) is 5.65 Å². The number of carbonyl (C=O) groups excluding carboxylic acids is 1. The summed E-state index contributed by atoms with van der Waals surface area (Å²) < 4.78 is 31.1. The largest absolute Gasteiger partial charge is 0.464 e. The van der Waals surface area contributed by atoms with Crippen molar-refractivity contribution in [3.63, 3.8) is 0 Å². The SMILES string of the molecule is CNS(=O)(=O)c1cccc(-c2cc3cc[nH]c3nc2C(=O)OC)c1. The normalized spacial score (nSPS) is 11.6. The van der Waals surface area contributed by atoms with Gasteiger partial charge in [-0.2, -0.15) is 0 Å². The van der Waals surface area contributed by atoms with Crippen LogP contribution >= 0.6 is 0 Å². The molecule has 0 atom stereocenters. The van der Waals surface area contributed by atoms with Crippen LogP contribution in [0.3, 0.4) is 0 Å². The first-order valence-electron chi connectivity index (χ1n) is 7.06. The maximum Gasteiger partial charge on any atom is 0.357 e. The summed E-state index contributed by atoms with van der Waals surface area (Å²) in [4.78, 5) is 19.4. The third-order valence-electron chi connectivity index (χ3n) is 3.64. The van der Waals surface area contributed by atoms with Gasteiger partial charge in [0.15, 0.2) is 5.69 Å². The topological polar surface area (TPSA) is 101 Å². The van der Waals surface area contributed by atoms with E-state index in [2.05, 4.69) is 14.7 Å². The van der Waals surface area contributed by atoms with Gasteiger partial charge in [-0.05, 0) is 36.9 Å². The van der Waals surface area contributed by atoms with Crippen molar-refractivity contribution in [2.24, 2.45) is 0 Å². The van der Waals surface area contributed by atoms with Gasteiger partial charge in [0, 0.05) is 17.1 Å². The standard InChI is InChI=1S/C16H15N3O4S/c1-17-24(21,22)12-5-3-4-10(8-12)13-9-11-6-7-18-15(11)19-14(13)16(20)23-2/h3-9,17H,1-2H3,(H,18,19). The van der Waals surface area contributed by atoms with Crippen LogP contribution in [0.2, 0.25) is 0 Å². The van der Waals surface area contributed by atoms with Crippen LogP contribution in [-0.4, -0.2) is 38.5 Å². The van der Waals surface area contributed by atoms with E-state index < -0.39 is 16.0 Å². The van der Waals surface area contributed by atoms with Crippen molar-refractivity contribution < 1.29 is 17.9 Å². The van der Waals surface area contributed by atoms with Gasteiger partial charge in [0.2, 0.25) is 10.0 Å². The number of nitrogens with one attached hydrogen (secondary N) is 2. The molecule has 8 heteroatoms. The van der Waals surface area contributed by atoms with Crippen LogP contribution in [0, 0.1) is 0 Å². The number of pyridine rings is 1. The number of fused-ring (bicyclic) bond motifs is 1. The smallest absolute Gasteiger partial charge is 0.357 e. The van der Waals surface area contributed by atoms with E-state index >= 15 is 0 Å². The van der Waals surface area contributed by atoms with E-state index in [-0.39, 0.29) is 10.6 Å². The van der Waals surface area contributed by atoms with Crippen LogP contribution < -0.4 is 4.72 Å². The number of ether oxygens (including phenoxy) is 1. The maximum absolute atomic E-state index is 12.1. The molecule has 0 spiro atoms. The molecule has 0 amide bonds. The van der Waals surface area contributed by atoms with Crippen LogP contribution in [-0.2, 0) is 14.8 Å². The quantitative estimate of drug-likeness (QED) is 0.704. The highest BCUT2D eigenvalue weighted by atomic mass is 32.2. The van der Waals surface area contributed by atoms with Gasteiger partial charge in [-0.25, -0.2) is 22.9 Å². The van der Waals surface area contributed by atoms with E-state index in [0.717, 1.165) is 5.39 Å². The first-order valence-corrected chi connectivity index (χ1v) is 8.55. The lowest BCUT2D eigenvalue weighted by atomic mass is 10.0. The van der Waals surface area contributed by atoms with E-state index in [9.17, 15) is 13.2 Å². The molecule has 124 valence electrons. The molecule has 0 saturated heterocycles. The van der Waals surface area contributed by atoms with Crippen LogP contribution in [0.1, 0.15) is 10.5 Å². The molecule has 2 heterocycles. The number of H-pyrrole nitrogens is 1. The van der Waals surface area contributed by atoms with Gasteiger partial charge in [-0.3, -0.25) is 0 Å². The summed E-state index contributed by atoms with van der Waals surface area (Å²) in [6, 6.07) is 9.90. The lowest BCUT2D eigenvalue weighted by Gasteiger charge is -2.10. The summed E-state index contributed by atoms with van der Waals surface area (Å²) in [5.41, 5.74) is 1.73. The summed E-state index contributed by atoms with van der Waals surface area (Å²) in [6.45, 7) is 0. The minimum absolute atomic E-state index is 0.104. The number of methoxy groups -OCH3 is 1. The molecule has 24 heavy (non-hydrogen) atoms. The number of benzene rings is 1. The Hall–Kier alpha value is -2.71. The molecule has 1 aromatic carbocycles. The second-order valence-electron chi connectivity index (χ2n) is 5.03. The number of esters is 1. The van der Waals surface area contributed by atoms with E-state index in [4.69, 9.17) is 4.74 Å². The van der Waals surface area contributed by atoms with E-state index in [0.29, 0.717) is 16.8 Å². The predicted molar refractivity (Wildman–Crippen MR) is 89.1 cm³/mol. The minimum Gasteiger partial charge on any atom is -0.464 e. The lowest BCUT2D eigenvalue weighted by Crippen LogP contribution is -2.18. The number of rotatable bonds is 4. The lowest BCUT2D eigenvalue weighted by molar-refractivity contribution is 0.0595. The molecule has 0 aliphatic rings. The number of aromatic nitrogens is 2. The predicted octanol–water partition coefficient (Wildman–Crippen LogP) is 1.92. The minimum atomic E-state index is -3.59. The first kappa shape index (κ1) is 16.2. The highest BCUT2D eigenvalue weighted by Crippen LogP contribution is 2.28. The Morgan fingerprint density at radius 1 is 1.25 bits per heavy atom. The van der Waals surface area contributed by atoms with E-state index in [1.165, 1.54) is 26.3 Å². The molecule has 0 unspecified atom stereocenters. The number of aromatic amines is 1. The fourth-order valence-electron chi connectivity index (χ4n) is 2.40. The van der Waals surface area contributed by atoms with Gasteiger partial charge in [0.05, 0.1) is 12.0 Å². The van der Waals surface area contributed by atoms with Crippen LogP contribution in [0.4, 0.5) is 0 Å². The molecule has 3 rings (SSSR count). The molecule has 0 saturated carbocycles. The Labute approximate surface area is 138 Å². The molecule has 0 aliphatic heterocycles. The molecule has 0 bridgehead atoms. The highest BCUT2D eigenvalue weighted by molar-refractivity contribution is 7.89. The summed E-state index contributed by atoms with van der Waals surface area (Å²) in [5, 5.41) is 0.805.